The lowest BCUT2D eigenvalue weighted by Crippen LogP contribution is -2.71. The molecule has 1 saturated heterocycles. The number of amides is 2. The summed E-state index contributed by atoms with van der Waals surface area (Å²) in [5.74, 6) is -0.867. The molecule has 0 aliphatic carbocycles. The van der Waals surface area contributed by atoms with Gasteiger partial charge >= 0.3 is 5.97 Å². The first-order chi connectivity index (χ1) is 17.3. The van der Waals surface area contributed by atoms with E-state index in [1.165, 1.54) is 28.4 Å². The number of carbonyl (C=O) groups excluding carboxylic acids is 2. The van der Waals surface area contributed by atoms with E-state index < -0.39 is 35.2 Å². The largest absolute Gasteiger partial charge is 0.477 e. The van der Waals surface area contributed by atoms with Gasteiger partial charge in [-0.2, -0.15) is 21.6 Å². The minimum absolute atomic E-state index is 0.0425. The standard InChI is InChI=1S/C19H22N8O5S4/c20-3-5-33-6-8-9(2-1-4-22-8)35-10-7-34-17-12(16(29)27(17)13(10)18(30)31)23-15(28)11(25-32)14-24-19(21)36-26-14/h1-2,4,11-12,17,25,32H,3,5-7,20H2,(H,23,28)(H,30,31)(H2,21,24,26)/t11?,12-,17+/m1/s1. The number of hydrogen-bond donors (Lipinski definition) is 6. The molecule has 2 aliphatic rings. The van der Waals surface area contributed by atoms with Crippen LogP contribution in [0.2, 0.25) is 0 Å². The fourth-order valence-electron chi connectivity index (χ4n) is 3.51. The van der Waals surface area contributed by atoms with Crippen LogP contribution in [0.4, 0.5) is 5.13 Å². The molecule has 0 spiro atoms. The first kappa shape index (κ1) is 26.6. The summed E-state index contributed by atoms with van der Waals surface area (Å²) in [7, 11) is 0. The van der Waals surface area contributed by atoms with Crippen LogP contribution in [0.5, 0.6) is 0 Å². The quantitative estimate of drug-likeness (QED) is 0.121. The van der Waals surface area contributed by atoms with Crippen LogP contribution in [-0.4, -0.2) is 76.8 Å². The zero-order valence-corrected chi connectivity index (χ0v) is 21.8. The van der Waals surface area contributed by atoms with Crippen molar-refractivity contribution in [2.75, 3.05) is 23.8 Å². The summed E-state index contributed by atoms with van der Waals surface area (Å²) in [5.41, 5.74) is 13.6. The minimum atomic E-state index is -1.34. The second-order valence-corrected chi connectivity index (χ2v) is 11.5. The Balaban J connectivity index is 1.50. The van der Waals surface area contributed by atoms with E-state index in [4.69, 9.17) is 11.5 Å². The van der Waals surface area contributed by atoms with E-state index in [0.717, 1.165) is 27.9 Å². The van der Waals surface area contributed by atoms with Crippen molar-refractivity contribution in [3.63, 3.8) is 0 Å². The Hall–Kier alpha value is -2.41. The number of carboxylic acid groups (broad SMARTS) is 1. The van der Waals surface area contributed by atoms with Crippen molar-refractivity contribution in [1.82, 2.24) is 30.0 Å². The average Bonchev–Trinajstić information content (AvgIpc) is 3.29. The van der Waals surface area contributed by atoms with Gasteiger partial charge in [0, 0.05) is 51.3 Å². The highest BCUT2D eigenvalue weighted by molar-refractivity contribution is 8.06. The molecule has 0 bridgehead atoms. The van der Waals surface area contributed by atoms with Crippen LogP contribution in [-0.2, 0) is 20.1 Å². The minimum Gasteiger partial charge on any atom is -0.477 e. The summed E-state index contributed by atoms with van der Waals surface area (Å²) >= 11 is 5.09. The Morgan fingerprint density at radius 2 is 2.19 bits per heavy atom. The lowest BCUT2D eigenvalue weighted by Gasteiger charge is -2.49. The molecule has 4 rings (SSSR count). The lowest BCUT2D eigenvalue weighted by atomic mass is 10.0. The van der Waals surface area contributed by atoms with Gasteiger partial charge in [0.2, 0.25) is 5.91 Å². The molecular formula is C19H22N8O5S4. The SMILES string of the molecule is NCCSCc1ncccc1SC1=C(C(=O)O)N2C(=O)[C@@H](NC(=O)C(NO)c3nsc(N)n3)[C@@H]2SC1. The first-order valence-corrected chi connectivity index (χ1v) is 14.2. The van der Waals surface area contributed by atoms with Crippen LogP contribution in [0.25, 0.3) is 0 Å². The number of fused-ring (bicyclic) bond motifs is 1. The Morgan fingerprint density at radius 1 is 1.39 bits per heavy atom. The molecule has 13 nitrogen and oxygen atoms in total. The number of nitrogens with one attached hydrogen (secondary N) is 2. The number of nitrogens with two attached hydrogens (primary N) is 2. The number of hydrogen-bond acceptors (Lipinski definition) is 14. The highest BCUT2D eigenvalue weighted by atomic mass is 32.2. The van der Waals surface area contributed by atoms with Crippen molar-refractivity contribution in [3.05, 3.63) is 40.5 Å². The van der Waals surface area contributed by atoms with E-state index in [-0.39, 0.29) is 16.7 Å². The van der Waals surface area contributed by atoms with E-state index in [1.54, 1.807) is 24.0 Å². The van der Waals surface area contributed by atoms with Crippen molar-refractivity contribution in [2.24, 2.45) is 5.73 Å². The molecule has 3 atom stereocenters. The van der Waals surface area contributed by atoms with E-state index >= 15 is 0 Å². The third-order valence-corrected chi connectivity index (χ3v) is 9.32. The topological polar surface area (TPSA) is 210 Å². The Bertz CT molecular complexity index is 1190. The van der Waals surface area contributed by atoms with Gasteiger partial charge < -0.3 is 27.1 Å². The van der Waals surface area contributed by atoms with E-state index in [0.29, 0.717) is 23.0 Å². The second kappa shape index (κ2) is 11.8. The molecule has 2 aliphatic heterocycles. The zero-order chi connectivity index (χ0) is 25.8. The van der Waals surface area contributed by atoms with Crippen molar-refractivity contribution in [2.45, 2.75) is 28.1 Å². The van der Waals surface area contributed by atoms with Crippen LogP contribution < -0.4 is 22.3 Å². The maximum absolute atomic E-state index is 13.0. The monoisotopic (exact) mass is 570 g/mol. The number of thioether (sulfide) groups is 3. The molecule has 2 aromatic rings. The molecule has 0 radical (unpaired) electrons. The van der Waals surface area contributed by atoms with Gasteiger partial charge in [0.15, 0.2) is 17.0 Å². The predicted octanol–water partition coefficient (Wildman–Crippen LogP) is 0.216. The molecule has 36 heavy (non-hydrogen) atoms. The number of nitrogen functional groups attached to an aromatic ring is 1. The lowest BCUT2D eigenvalue weighted by molar-refractivity contribution is -0.151. The Kier molecular flexibility index (Phi) is 8.70. The number of carbonyl (C=O) groups is 3. The summed E-state index contributed by atoms with van der Waals surface area (Å²) in [6.07, 6.45) is 1.68. The molecule has 0 saturated carbocycles. The highest BCUT2D eigenvalue weighted by Gasteiger charge is 2.54. The summed E-state index contributed by atoms with van der Waals surface area (Å²) in [6, 6.07) is 1.32. The normalized spacial score (nSPS) is 20.1. The second-order valence-electron chi connectivity index (χ2n) is 7.42. The van der Waals surface area contributed by atoms with Gasteiger partial charge in [-0.25, -0.2) is 9.78 Å². The van der Waals surface area contributed by atoms with Crippen molar-refractivity contribution < 1.29 is 24.7 Å². The number of pyridine rings is 1. The Labute approximate surface area is 222 Å². The Morgan fingerprint density at radius 3 is 2.86 bits per heavy atom. The smallest absolute Gasteiger partial charge is 0.353 e. The number of nitrogens with zero attached hydrogens (tertiary/aromatic N) is 4. The first-order valence-electron chi connectivity index (χ1n) is 10.5. The maximum atomic E-state index is 13.0. The molecule has 0 aromatic carbocycles. The molecule has 192 valence electrons. The number of hydroxylamine groups is 1. The number of anilines is 1. The van der Waals surface area contributed by atoms with Crippen molar-refractivity contribution in [3.8, 4) is 0 Å². The van der Waals surface area contributed by atoms with E-state index in [1.807, 2.05) is 11.5 Å². The fourth-order valence-corrected chi connectivity index (χ4v) is 7.38. The molecule has 1 unspecified atom stereocenters. The molecule has 2 amide bonds. The van der Waals surface area contributed by atoms with Gasteiger partial charge in [-0.3, -0.25) is 19.5 Å². The number of aromatic nitrogens is 3. The van der Waals surface area contributed by atoms with Gasteiger partial charge in [0.1, 0.15) is 17.1 Å². The zero-order valence-electron chi connectivity index (χ0n) is 18.5. The van der Waals surface area contributed by atoms with Gasteiger partial charge in [-0.05, 0) is 12.1 Å². The summed E-state index contributed by atoms with van der Waals surface area (Å²) in [5, 5.41) is 21.4. The van der Waals surface area contributed by atoms with Crippen LogP contribution >= 0.6 is 46.8 Å². The number of rotatable bonds is 11. The van der Waals surface area contributed by atoms with Gasteiger partial charge in [-0.1, -0.05) is 11.8 Å². The summed E-state index contributed by atoms with van der Waals surface area (Å²) < 4.78 is 3.90. The van der Waals surface area contributed by atoms with Gasteiger partial charge in [-0.15, -0.1) is 11.8 Å². The van der Waals surface area contributed by atoms with Gasteiger partial charge in [0.25, 0.3) is 5.91 Å². The molecule has 1 fully saturated rings. The molecule has 4 heterocycles. The van der Waals surface area contributed by atoms with Crippen LogP contribution in [0, 0.1) is 0 Å². The number of carboxylic acids is 1. The predicted molar refractivity (Wildman–Crippen MR) is 137 cm³/mol. The number of aliphatic carboxylic acids is 1. The highest BCUT2D eigenvalue weighted by Crippen LogP contribution is 2.45. The van der Waals surface area contributed by atoms with E-state index in [2.05, 4.69) is 19.7 Å². The number of β-lactam (4-membered cyclic amide) rings is 1. The molecule has 2 aromatic heterocycles. The fraction of sp³-hybridized carbons (Fsp3) is 0.368. The average molecular weight is 571 g/mol. The summed E-state index contributed by atoms with van der Waals surface area (Å²) in [4.78, 5) is 48.6. The molecule has 8 N–H and O–H groups in total. The van der Waals surface area contributed by atoms with Crippen molar-refractivity contribution in [1.29, 1.82) is 0 Å². The summed E-state index contributed by atoms with van der Waals surface area (Å²) in [6.45, 7) is 0.546. The van der Waals surface area contributed by atoms with Crippen LogP contribution in [0.15, 0.2) is 33.8 Å². The third kappa shape index (κ3) is 5.46. The molecular weight excluding hydrogens is 549 g/mol. The molecule has 17 heteroatoms. The maximum Gasteiger partial charge on any atom is 0.353 e. The third-order valence-electron chi connectivity index (χ3n) is 5.12. The van der Waals surface area contributed by atoms with Crippen molar-refractivity contribution >= 4 is 69.7 Å². The van der Waals surface area contributed by atoms with E-state index in [9.17, 15) is 24.7 Å². The van der Waals surface area contributed by atoms with Crippen LogP contribution in [0.1, 0.15) is 17.6 Å². The van der Waals surface area contributed by atoms with Crippen LogP contribution in [0.3, 0.4) is 0 Å². The van der Waals surface area contributed by atoms with Gasteiger partial charge in [0.05, 0.1) is 5.69 Å².